The number of rotatable bonds is 17. The van der Waals surface area contributed by atoms with Crippen molar-refractivity contribution in [3.05, 3.63) is 11.6 Å². The van der Waals surface area contributed by atoms with Gasteiger partial charge < -0.3 is 133 Å². The quantitative estimate of drug-likeness (QED) is 0.0476. The molecule has 0 unspecified atom stereocenters. The summed E-state index contributed by atoms with van der Waals surface area (Å²) in [6.45, 7) is 7.42. The fourth-order valence-electron chi connectivity index (χ4n) is 15.8. The van der Waals surface area contributed by atoms with Gasteiger partial charge in [0.05, 0.1) is 50.3 Å². The highest BCUT2D eigenvalue weighted by Gasteiger charge is 2.63. The number of ether oxygens (including phenoxy) is 12. The molecule has 4 aliphatic carbocycles. The number of carbonyl (C=O) groups is 1. The van der Waals surface area contributed by atoms with E-state index in [1.807, 2.05) is 0 Å². The predicted octanol–water partition coefficient (Wildman–Crippen LogP) is -6.02. The Hall–Kier alpha value is -1.80. The van der Waals surface area contributed by atoms with Crippen LogP contribution in [-0.2, 0) is 76.2 Å². The van der Waals surface area contributed by atoms with E-state index in [1.54, 1.807) is 6.92 Å². The molecule has 512 valence electrons. The number of hydrogen-bond acceptors (Lipinski definition) is 31. The lowest BCUT2D eigenvalue weighted by atomic mass is 9.48. The molecule has 6 saturated heterocycles. The third kappa shape index (κ3) is 13.4. The van der Waals surface area contributed by atoms with Crippen LogP contribution in [0.5, 0.6) is 0 Å². The molecular weight excluding hydrogens is 1220 g/mol. The molecule has 0 radical (unpaired) electrons. The van der Waals surface area contributed by atoms with Gasteiger partial charge in [-0.3, -0.25) is 9.35 Å². The first-order valence-corrected chi connectivity index (χ1v) is 31.9. The van der Waals surface area contributed by atoms with E-state index in [-0.39, 0.29) is 41.8 Å². The van der Waals surface area contributed by atoms with Crippen molar-refractivity contribution in [3.8, 4) is 0 Å². The molecule has 32 nitrogen and oxygen atoms in total. The molecule has 6 heterocycles. The van der Waals surface area contributed by atoms with Gasteiger partial charge in [0.15, 0.2) is 37.7 Å². The average molecular weight is 1310 g/mol. The van der Waals surface area contributed by atoms with E-state index < -0.39 is 232 Å². The Balaban J connectivity index is 0.901. The van der Waals surface area contributed by atoms with Crippen LogP contribution >= 0.6 is 0 Å². The van der Waals surface area contributed by atoms with Gasteiger partial charge in [0, 0.05) is 5.92 Å². The zero-order chi connectivity index (χ0) is 64.8. The van der Waals surface area contributed by atoms with Crippen LogP contribution in [0.1, 0.15) is 86.5 Å². The molecule has 0 aromatic rings. The van der Waals surface area contributed by atoms with Crippen LogP contribution < -0.4 is 0 Å². The van der Waals surface area contributed by atoms with Crippen LogP contribution in [0.2, 0.25) is 0 Å². The van der Waals surface area contributed by atoms with Crippen LogP contribution in [0.15, 0.2) is 11.6 Å². The second-order valence-corrected chi connectivity index (χ2v) is 27.5. The minimum absolute atomic E-state index is 0.0527. The van der Waals surface area contributed by atoms with E-state index in [4.69, 9.17) is 61.0 Å². The van der Waals surface area contributed by atoms with Crippen molar-refractivity contribution in [2.75, 3.05) is 19.8 Å². The van der Waals surface area contributed by atoms with Crippen LogP contribution in [-0.4, -0.2) is 306 Å². The second-order valence-electron chi connectivity index (χ2n) is 26.4. The van der Waals surface area contributed by atoms with Crippen LogP contribution in [0.25, 0.3) is 0 Å². The lowest BCUT2D eigenvalue weighted by Gasteiger charge is -2.59. The van der Waals surface area contributed by atoms with E-state index in [0.717, 1.165) is 12.0 Å². The van der Waals surface area contributed by atoms with Crippen molar-refractivity contribution in [3.63, 3.8) is 0 Å². The Morgan fingerprint density at radius 1 is 0.528 bits per heavy atom. The summed E-state index contributed by atoms with van der Waals surface area (Å²) in [5, 5.41) is 166. The van der Waals surface area contributed by atoms with Crippen LogP contribution in [0, 0.1) is 34.5 Å². The van der Waals surface area contributed by atoms with Gasteiger partial charge in [-0.1, -0.05) is 25.5 Å². The summed E-state index contributed by atoms with van der Waals surface area (Å²) >= 11 is 0. The van der Waals surface area contributed by atoms with Gasteiger partial charge >= 0.3 is 10.4 Å². The highest BCUT2D eigenvalue weighted by molar-refractivity contribution is 7.80. The maximum Gasteiger partial charge on any atom is 0.397 e. The maximum absolute atomic E-state index is 13.1. The molecule has 6 aliphatic heterocycles. The molecule has 33 heteroatoms. The minimum atomic E-state index is -4.88. The molecule has 10 aliphatic rings. The van der Waals surface area contributed by atoms with E-state index in [1.165, 1.54) is 20.8 Å². The third-order valence-electron chi connectivity index (χ3n) is 21.0. The summed E-state index contributed by atoms with van der Waals surface area (Å²) in [7, 11) is -4.88. The number of aliphatic hydroxyl groups is 15. The molecular formula is C56H90O32S. The molecule has 10 rings (SSSR count). The number of aliphatic hydroxyl groups excluding tert-OH is 15. The van der Waals surface area contributed by atoms with Crippen molar-refractivity contribution in [2.24, 2.45) is 34.5 Å². The van der Waals surface area contributed by atoms with Gasteiger partial charge in [0.1, 0.15) is 128 Å². The summed E-state index contributed by atoms with van der Waals surface area (Å²) in [5.74, 6) is -0.640. The van der Waals surface area contributed by atoms with Gasteiger partial charge in [-0.2, -0.15) is 8.42 Å². The Bertz CT molecular complexity index is 2550. The minimum Gasteiger partial charge on any atom is -0.394 e. The summed E-state index contributed by atoms with van der Waals surface area (Å²) < 4.78 is 112. The topological polar surface area (TPSA) is 495 Å². The first kappa shape index (κ1) is 70.0. The normalized spacial score (nSPS) is 53.9. The SMILES string of the molecule is CC(=O)[C@H]1CC[C@H]2[C@@H]3C[C@H](O[C@@H]4O[C@H](C)[C@@H](O)[C@H](O[C@@H]5OC[C@@H](O[C@@H]6O[C@H](CO)[C@H](O)[C@H](O)[C@H]6O[C@H]6O[C@H](C)[C@H](O)[C@H](O[C@@H]7O[C@H](CO)[C@H](O)[C@H](O)[C@H]7O)[C@H]6O)[C@H](O)[C@H]5O[C@H]5O[C@H](C)[C@@H](O)[C@H](O)[C@H]5O)[C@H]4O)[C@H]4C[C@@H](OS(=O)(=O)O)CC[C@]4(C)C3=CC[C@]12C. The monoisotopic (exact) mass is 1310 g/mol. The van der Waals surface area contributed by atoms with E-state index in [9.17, 15) is 94.4 Å². The lowest BCUT2D eigenvalue weighted by Crippen LogP contribution is -2.67. The maximum atomic E-state index is 13.1. The largest absolute Gasteiger partial charge is 0.397 e. The van der Waals surface area contributed by atoms with Crippen molar-refractivity contribution >= 4 is 16.2 Å². The van der Waals surface area contributed by atoms with Gasteiger partial charge in [0.25, 0.3) is 0 Å². The molecule has 0 bridgehead atoms. The number of Topliss-reactive ketones (excluding diaryl/α,β-unsaturated/α-hetero) is 1. The molecule has 37 atom stereocenters. The fraction of sp³-hybridized carbons (Fsp3) is 0.946. The molecule has 0 aromatic carbocycles. The summed E-state index contributed by atoms with van der Waals surface area (Å²) in [6, 6.07) is 0. The summed E-state index contributed by atoms with van der Waals surface area (Å²) in [4.78, 5) is 13.1. The fourth-order valence-corrected chi connectivity index (χ4v) is 16.4. The van der Waals surface area contributed by atoms with E-state index in [0.29, 0.717) is 25.7 Å². The third-order valence-corrected chi connectivity index (χ3v) is 21.5. The highest BCUT2D eigenvalue weighted by atomic mass is 32.3. The molecule has 9 fully saturated rings. The number of hydrogen-bond donors (Lipinski definition) is 16. The van der Waals surface area contributed by atoms with Gasteiger partial charge in [-0.05, 0) is 101 Å². The first-order valence-electron chi connectivity index (χ1n) is 30.6. The van der Waals surface area contributed by atoms with Crippen molar-refractivity contribution < 1.29 is 155 Å². The Morgan fingerprint density at radius 3 is 1.58 bits per heavy atom. The van der Waals surface area contributed by atoms with Crippen LogP contribution in [0.4, 0.5) is 0 Å². The Morgan fingerprint density at radius 2 is 1.01 bits per heavy atom. The summed E-state index contributed by atoms with van der Waals surface area (Å²) in [6.07, 6.45) is -48.1. The smallest absolute Gasteiger partial charge is 0.394 e. The Labute approximate surface area is 512 Å². The van der Waals surface area contributed by atoms with Gasteiger partial charge in [0.2, 0.25) is 0 Å². The van der Waals surface area contributed by atoms with Crippen molar-refractivity contribution in [1.29, 1.82) is 0 Å². The zero-order valence-electron chi connectivity index (χ0n) is 50.0. The lowest BCUT2D eigenvalue weighted by molar-refractivity contribution is -0.402. The molecule has 89 heavy (non-hydrogen) atoms. The zero-order valence-corrected chi connectivity index (χ0v) is 50.8. The van der Waals surface area contributed by atoms with Crippen molar-refractivity contribution in [2.45, 2.75) is 277 Å². The molecule has 0 amide bonds. The van der Waals surface area contributed by atoms with Crippen LogP contribution in [0.3, 0.4) is 0 Å². The van der Waals surface area contributed by atoms with E-state index in [2.05, 4.69) is 19.9 Å². The van der Waals surface area contributed by atoms with Gasteiger partial charge in [-0.25, -0.2) is 4.18 Å². The standard InChI is InChI=1S/C56H90O32S/c1-18(59)24-7-8-25-23-14-28(27-13-22(88-89(73,74)75)9-11-56(27,6)26(23)10-12-55(24,25)5)80-51-43(71)46(34(62)20(3)78-51)85-53-47(86-49-41(69)38(66)32(60)19(2)77-49)37(65)31(17-76-53)83-54-48(40(68)36(64)30(16-58)82-54)87-52-44(72)45(33(61)21(4)79-52)84-50-42(70)39(67)35(63)29(15-57)81-50/h10,19-25,27-54,57-58,60-72H,7-9,11-17H2,1-6H3,(H,73,74,75)/t19-,20-,21-,22+,23+,24-,25+,27-,28+,29-,30-,31-,32-,33+,34-,35+,36+,37+,38+,39+,40+,41-,42-,43-,44-,45+,46+,47-,48-,49-,50+,51+,52-,53+,54+,55-,56-/m1/s1. The number of allylic oxidation sites excluding steroid dienone is 2. The highest BCUT2D eigenvalue weighted by Crippen LogP contribution is 2.66. The number of fused-ring (bicyclic) bond motifs is 5. The number of carbonyl (C=O) groups excluding carboxylic acids is 1. The van der Waals surface area contributed by atoms with Crippen molar-refractivity contribution in [1.82, 2.24) is 0 Å². The second kappa shape index (κ2) is 27.4. The summed E-state index contributed by atoms with van der Waals surface area (Å²) in [5.41, 5.74) is 0.164. The molecule has 3 saturated carbocycles. The predicted molar refractivity (Wildman–Crippen MR) is 289 cm³/mol. The first-order chi connectivity index (χ1) is 41.8. The number of ketones is 1. The average Bonchev–Trinajstić information content (AvgIpc) is 1.71. The Kier molecular flexibility index (Phi) is 21.5. The molecule has 0 spiro atoms. The van der Waals surface area contributed by atoms with Gasteiger partial charge in [-0.15, -0.1) is 0 Å². The molecule has 0 aromatic heterocycles. The van der Waals surface area contributed by atoms with E-state index >= 15 is 0 Å². The molecule has 16 N–H and O–H groups in total.